The Kier molecular flexibility index (Phi) is 15.9. The molecule has 7 rings (SSSR count). The van der Waals surface area contributed by atoms with Crippen LogP contribution in [-0.2, 0) is 35.1 Å². The van der Waals surface area contributed by atoms with Gasteiger partial charge in [0.1, 0.15) is 48.3 Å². The number of ether oxygens (including phenoxy) is 5. The number of fused-ring (bicyclic) bond motifs is 1. The molecule has 4 aromatic carbocycles. The fourth-order valence-corrected chi connectivity index (χ4v) is 8.45. The number of phenols is 2. The number of aliphatic hydroxyl groups is 1. The molecule has 66 heavy (non-hydrogen) atoms. The summed E-state index contributed by atoms with van der Waals surface area (Å²) in [5.41, 5.74) is 1.85. The number of nitrogens with zero attached hydrogens (tertiary/aromatic N) is 2. The zero-order valence-corrected chi connectivity index (χ0v) is 37.8. The highest BCUT2D eigenvalue weighted by molar-refractivity contribution is 7.22. The van der Waals surface area contributed by atoms with Gasteiger partial charge < -0.3 is 59.0 Å². The number of aromatic nitrogens is 1. The number of nitrogens with one attached hydrogen (secondary N) is 2. The third-order valence-electron chi connectivity index (χ3n) is 10.7. The number of hydrogen-bond acceptors (Lipinski definition) is 14. The number of rotatable bonds is 21. The SMILES string of the molecule is CC(C)(C)C(NC(=O)COCCOCCOCCOc1ccc(Oc2c(-c3ccc(O)cc3)sc3cc(O)ccc23)cc1)C(=O)N1C[C@H](O)C[C@H]1C(=O)NCc1ccc(-c2cnco2)cc1. The van der Waals surface area contributed by atoms with E-state index in [1.165, 1.54) is 22.6 Å². The van der Waals surface area contributed by atoms with Crippen LogP contribution in [0.25, 0.3) is 31.9 Å². The Bertz CT molecular complexity index is 2520. The van der Waals surface area contributed by atoms with Crippen molar-refractivity contribution in [2.24, 2.45) is 5.41 Å². The lowest BCUT2D eigenvalue weighted by atomic mass is 9.85. The molecule has 3 atom stereocenters. The van der Waals surface area contributed by atoms with Gasteiger partial charge >= 0.3 is 0 Å². The maximum absolute atomic E-state index is 13.9. The smallest absolute Gasteiger partial charge is 0.246 e. The summed E-state index contributed by atoms with van der Waals surface area (Å²) in [7, 11) is 0. The monoisotopic (exact) mass is 922 g/mol. The van der Waals surface area contributed by atoms with E-state index >= 15 is 0 Å². The van der Waals surface area contributed by atoms with Crippen molar-refractivity contribution in [1.82, 2.24) is 20.5 Å². The summed E-state index contributed by atoms with van der Waals surface area (Å²) in [6.07, 6.45) is 2.16. The molecule has 1 saturated heterocycles. The predicted octanol–water partition coefficient (Wildman–Crippen LogP) is 6.66. The summed E-state index contributed by atoms with van der Waals surface area (Å²) < 4.78 is 35.1. The molecular formula is C49H54N4O12S. The van der Waals surface area contributed by atoms with Gasteiger partial charge in [0.15, 0.2) is 17.9 Å². The molecular weight excluding hydrogens is 869 g/mol. The Morgan fingerprint density at radius 3 is 2.17 bits per heavy atom. The number of phenolic OH excluding ortho intramolecular Hbond substituents is 2. The van der Waals surface area contributed by atoms with E-state index in [0.29, 0.717) is 49.4 Å². The first-order valence-corrected chi connectivity index (χ1v) is 22.4. The minimum absolute atomic E-state index is 0.0331. The van der Waals surface area contributed by atoms with Crippen LogP contribution in [0.2, 0.25) is 0 Å². The number of aromatic hydroxyl groups is 2. The molecule has 6 aromatic rings. The lowest BCUT2D eigenvalue weighted by molar-refractivity contribution is -0.144. The lowest BCUT2D eigenvalue weighted by Crippen LogP contribution is -2.58. The number of thiophene rings is 1. The number of benzene rings is 4. The Hall–Kier alpha value is -6.50. The van der Waals surface area contributed by atoms with Crippen molar-refractivity contribution in [1.29, 1.82) is 0 Å². The van der Waals surface area contributed by atoms with E-state index in [-0.39, 0.29) is 50.8 Å². The second-order valence-electron chi connectivity index (χ2n) is 16.7. The highest BCUT2D eigenvalue weighted by Crippen LogP contribution is 2.47. The molecule has 0 aliphatic carbocycles. The van der Waals surface area contributed by atoms with E-state index in [9.17, 15) is 29.7 Å². The van der Waals surface area contributed by atoms with Crippen molar-refractivity contribution in [2.45, 2.75) is 51.9 Å². The number of amides is 3. The van der Waals surface area contributed by atoms with Gasteiger partial charge in [0.25, 0.3) is 0 Å². The van der Waals surface area contributed by atoms with E-state index in [0.717, 1.165) is 31.7 Å². The van der Waals surface area contributed by atoms with Crippen LogP contribution in [0.15, 0.2) is 108 Å². The molecule has 348 valence electrons. The summed E-state index contributed by atoms with van der Waals surface area (Å²) in [6.45, 7) is 6.96. The maximum Gasteiger partial charge on any atom is 0.246 e. The largest absolute Gasteiger partial charge is 0.508 e. The van der Waals surface area contributed by atoms with Crippen LogP contribution in [0.1, 0.15) is 32.8 Å². The van der Waals surface area contributed by atoms with Gasteiger partial charge in [-0.05, 0) is 83.3 Å². The summed E-state index contributed by atoms with van der Waals surface area (Å²) >= 11 is 1.49. The molecule has 5 N–H and O–H groups in total. The summed E-state index contributed by atoms with van der Waals surface area (Å²) in [4.78, 5) is 46.3. The first kappa shape index (κ1) is 47.5. The number of aliphatic hydroxyl groups excluding tert-OH is 1. The fourth-order valence-electron chi connectivity index (χ4n) is 7.29. The molecule has 3 heterocycles. The van der Waals surface area contributed by atoms with Gasteiger partial charge in [0, 0.05) is 35.2 Å². The minimum atomic E-state index is -0.981. The summed E-state index contributed by atoms with van der Waals surface area (Å²) in [6, 6.07) is 24.8. The molecule has 1 aliphatic heterocycles. The highest BCUT2D eigenvalue weighted by Gasteiger charge is 2.44. The van der Waals surface area contributed by atoms with Gasteiger partial charge in [-0.15, -0.1) is 11.3 Å². The molecule has 0 bridgehead atoms. The van der Waals surface area contributed by atoms with Crippen LogP contribution in [0.4, 0.5) is 0 Å². The van der Waals surface area contributed by atoms with Crippen molar-refractivity contribution in [3.63, 3.8) is 0 Å². The van der Waals surface area contributed by atoms with Crippen molar-refractivity contribution in [2.75, 3.05) is 52.8 Å². The second kappa shape index (κ2) is 22.1. The van der Waals surface area contributed by atoms with E-state index in [1.54, 1.807) is 30.5 Å². The maximum atomic E-state index is 13.9. The molecule has 3 amide bonds. The summed E-state index contributed by atoms with van der Waals surface area (Å²) in [5.74, 6) is 1.50. The van der Waals surface area contributed by atoms with Gasteiger partial charge in [0.05, 0.1) is 50.2 Å². The number of β-amino-alcohol motifs (C(OH)–C–C–N with tert-alkyl or cyclic N) is 1. The van der Waals surface area contributed by atoms with E-state index in [4.69, 9.17) is 28.1 Å². The zero-order valence-electron chi connectivity index (χ0n) is 36.9. The molecule has 17 heteroatoms. The van der Waals surface area contributed by atoms with Gasteiger partial charge in [-0.3, -0.25) is 14.4 Å². The zero-order chi connectivity index (χ0) is 46.6. The van der Waals surface area contributed by atoms with Gasteiger partial charge in [0.2, 0.25) is 17.7 Å². The lowest BCUT2D eigenvalue weighted by Gasteiger charge is -2.35. The standard InChI is InChI=1S/C49H54N4O12S/c1-49(2,3)46(48(59)53-28-36(56)24-40(53)47(58)51-26-31-4-6-32(7-5-31)41-27-50-30-64-41)52-43(57)29-62-21-20-60-18-19-61-22-23-63-37-13-15-38(16-14-37)65-44-39-17-12-35(55)25-42(39)66-45(44)33-8-10-34(54)11-9-33/h4-17,25,27,30,36,40,46,54-56H,18-24,26,28-29H2,1-3H3,(H,51,58)(H,52,57)/t36-,40+,46?/m1/s1. The Morgan fingerprint density at radius 1 is 0.833 bits per heavy atom. The minimum Gasteiger partial charge on any atom is -0.508 e. The first-order valence-electron chi connectivity index (χ1n) is 21.5. The predicted molar refractivity (Wildman–Crippen MR) is 246 cm³/mol. The molecule has 1 aliphatic rings. The average Bonchev–Trinajstić information content (AvgIpc) is 4.07. The molecule has 0 spiro atoms. The van der Waals surface area contributed by atoms with Crippen LogP contribution in [0.3, 0.4) is 0 Å². The van der Waals surface area contributed by atoms with Crippen LogP contribution >= 0.6 is 11.3 Å². The molecule has 16 nitrogen and oxygen atoms in total. The van der Waals surface area contributed by atoms with Gasteiger partial charge in [-0.2, -0.15) is 0 Å². The molecule has 0 saturated carbocycles. The Balaban J connectivity index is 0.770. The quantitative estimate of drug-likeness (QED) is 0.0479. The van der Waals surface area contributed by atoms with Crippen LogP contribution in [0, 0.1) is 5.41 Å². The first-order chi connectivity index (χ1) is 31.8. The van der Waals surface area contributed by atoms with Crippen molar-refractivity contribution >= 4 is 39.1 Å². The van der Waals surface area contributed by atoms with Crippen LogP contribution in [0.5, 0.6) is 28.7 Å². The Morgan fingerprint density at radius 2 is 1.48 bits per heavy atom. The van der Waals surface area contributed by atoms with Gasteiger partial charge in [-0.25, -0.2) is 4.98 Å². The molecule has 1 unspecified atom stereocenters. The van der Waals surface area contributed by atoms with Gasteiger partial charge in [-0.1, -0.05) is 45.0 Å². The second-order valence-corrected chi connectivity index (χ2v) is 17.8. The van der Waals surface area contributed by atoms with Crippen molar-refractivity contribution in [3.05, 3.63) is 109 Å². The molecule has 1 fully saturated rings. The highest BCUT2D eigenvalue weighted by atomic mass is 32.1. The van der Waals surface area contributed by atoms with E-state index < -0.39 is 41.3 Å². The number of oxazole rings is 1. The number of carbonyl (C=O) groups excluding carboxylic acids is 3. The normalized spacial score (nSPS) is 15.4. The number of carbonyl (C=O) groups is 3. The summed E-state index contributed by atoms with van der Waals surface area (Å²) in [5, 5.41) is 36.9. The van der Waals surface area contributed by atoms with Crippen LogP contribution in [-0.4, -0.2) is 114 Å². The Labute approximate surface area is 386 Å². The topological polar surface area (TPSA) is 211 Å². The van der Waals surface area contributed by atoms with E-state index in [2.05, 4.69) is 15.6 Å². The van der Waals surface area contributed by atoms with Crippen molar-refractivity contribution < 1.29 is 57.8 Å². The third-order valence-corrected chi connectivity index (χ3v) is 11.9. The van der Waals surface area contributed by atoms with Crippen LogP contribution < -0.4 is 20.1 Å². The third kappa shape index (κ3) is 12.6. The van der Waals surface area contributed by atoms with Crippen molar-refractivity contribution in [3.8, 4) is 50.5 Å². The van der Waals surface area contributed by atoms with E-state index in [1.807, 2.05) is 87.5 Å². The average molecular weight is 923 g/mol. The number of likely N-dealkylation sites (tertiary alicyclic amines) is 1. The molecule has 2 aromatic heterocycles. The number of hydrogen-bond donors (Lipinski definition) is 5. The molecule has 0 radical (unpaired) electrons. The fraction of sp³-hybridized carbons (Fsp3) is 0.347.